The predicted molar refractivity (Wildman–Crippen MR) is 103 cm³/mol. The largest absolute Gasteiger partial charge is 0.356 e. The molecule has 140 valence electrons. The third-order valence-electron chi connectivity index (χ3n) is 4.41. The second-order valence-electron chi connectivity index (χ2n) is 6.40. The zero-order valence-electron chi connectivity index (χ0n) is 15.1. The lowest BCUT2D eigenvalue weighted by molar-refractivity contribution is -0.133. The average Bonchev–Trinajstić information content (AvgIpc) is 2.93. The van der Waals surface area contributed by atoms with Crippen molar-refractivity contribution in [2.24, 2.45) is 0 Å². The molecule has 0 bridgehead atoms. The summed E-state index contributed by atoms with van der Waals surface area (Å²) in [6, 6.07) is 3.87. The summed E-state index contributed by atoms with van der Waals surface area (Å²) in [6.45, 7) is 5.71. The lowest BCUT2D eigenvalue weighted by Crippen LogP contribution is -2.36. The topological polar surface area (TPSA) is 78.4 Å². The van der Waals surface area contributed by atoms with E-state index in [4.69, 9.17) is 0 Å². The van der Waals surface area contributed by atoms with Crippen LogP contribution in [-0.4, -0.2) is 59.4 Å². The van der Waals surface area contributed by atoms with Gasteiger partial charge in [-0.05, 0) is 25.0 Å². The van der Waals surface area contributed by atoms with Gasteiger partial charge in [0.25, 0.3) is 0 Å². The Bertz CT molecular complexity index is 730. The van der Waals surface area contributed by atoms with E-state index in [0.29, 0.717) is 13.1 Å². The van der Waals surface area contributed by atoms with Crippen molar-refractivity contribution in [2.45, 2.75) is 32.6 Å². The lowest BCUT2D eigenvalue weighted by atomic mass is 10.2. The second kappa shape index (κ2) is 8.93. The molecule has 1 saturated heterocycles. The molecule has 0 unspecified atom stereocenters. The number of thiazole rings is 1. The van der Waals surface area contributed by atoms with Crippen molar-refractivity contribution in [3.63, 3.8) is 0 Å². The molecular formula is C18H25N5O2S. The summed E-state index contributed by atoms with van der Waals surface area (Å²) >= 11 is 1.59. The molecule has 1 aliphatic rings. The van der Waals surface area contributed by atoms with Gasteiger partial charge in [0.2, 0.25) is 11.8 Å². The summed E-state index contributed by atoms with van der Waals surface area (Å²) in [4.78, 5) is 38.2. The van der Waals surface area contributed by atoms with Gasteiger partial charge in [0.05, 0.1) is 0 Å². The van der Waals surface area contributed by atoms with Crippen molar-refractivity contribution < 1.29 is 9.59 Å². The number of fused-ring (bicyclic) bond motifs is 1. The molecule has 3 heterocycles. The highest BCUT2D eigenvalue weighted by Crippen LogP contribution is 2.27. The minimum atomic E-state index is -0.0429. The Morgan fingerprint density at radius 2 is 2.12 bits per heavy atom. The van der Waals surface area contributed by atoms with Crippen LogP contribution in [0.3, 0.4) is 0 Å². The molecule has 7 nitrogen and oxygen atoms in total. The average molecular weight is 375 g/mol. The summed E-state index contributed by atoms with van der Waals surface area (Å²) in [6.07, 6.45) is 4.13. The van der Waals surface area contributed by atoms with E-state index < -0.39 is 0 Å². The lowest BCUT2D eigenvalue weighted by Gasteiger charge is -2.21. The Morgan fingerprint density at radius 3 is 2.92 bits per heavy atom. The number of carbonyl (C=O) groups excluding carboxylic acids is 2. The number of amides is 2. The minimum absolute atomic E-state index is 0.0429. The summed E-state index contributed by atoms with van der Waals surface area (Å²) in [5.41, 5.74) is 0.919. The Kier molecular flexibility index (Phi) is 6.38. The summed E-state index contributed by atoms with van der Waals surface area (Å²) in [5.74, 6) is 0.0167. The van der Waals surface area contributed by atoms with Gasteiger partial charge in [-0.25, -0.2) is 9.97 Å². The highest BCUT2D eigenvalue weighted by Gasteiger charge is 2.21. The van der Waals surface area contributed by atoms with Gasteiger partial charge < -0.3 is 15.1 Å². The first-order valence-corrected chi connectivity index (χ1v) is 10.00. The third-order valence-corrected chi connectivity index (χ3v) is 5.45. The van der Waals surface area contributed by atoms with Gasteiger partial charge in [-0.1, -0.05) is 18.3 Å². The fourth-order valence-electron chi connectivity index (χ4n) is 2.98. The van der Waals surface area contributed by atoms with Gasteiger partial charge in [0.15, 0.2) is 5.13 Å². The van der Waals surface area contributed by atoms with Crippen molar-refractivity contribution >= 4 is 38.6 Å². The number of aromatic nitrogens is 2. The van der Waals surface area contributed by atoms with Crippen LogP contribution in [0.2, 0.25) is 0 Å². The minimum Gasteiger partial charge on any atom is -0.356 e. The SMILES string of the molecule is CCCNC(=O)CCC(=O)N1CCCN(c2nc3cccnc3s2)CC1. The molecule has 0 aromatic carbocycles. The zero-order valence-corrected chi connectivity index (χ0v) is 15.9. The maximum absolute atomic E-state index is 12.4. The van der Waals surface area contributed by atoms with Crippen molar-refractivity contribution in [3.05, 3.63) is 18.3 Å². The quantitative estimate of drug-likeness (QED) is 0.836. The highest BCUT2D eigenvalue weighted by molar-refractivity contribution is 7.21. The van der Waals surface area contributed by atoms with Gasteiger partial charge in [-0.15, -0.1) is 0 Å². The number of anilines is 1. The first kappa shape index (κ1) is 18.6. The van der Waals surface area contributed by atoms with E-state index in [-0.39, 0.29) is 24.7 Å². The number of hydrogen-bond donors (Lipinski definition) is 1. The third kappa shape index (κ3) is 4.69. The first-order valence-electron chi connectivity index (χ1n) is 9.18. The summed E-state index contributed by atoms with van der Waals surface area (Å²) < 4.78 is 0. The van der Waals surface area contributed by atoms with Crippen LogP contribution in [0.4, 0.5) is 5.13 Å². The monoisotopic (exact) mass is 375 g/mol. The molecule has 1 aliphatic heterocycles. The molecule has 2 aromatic heterocycles. The van der Waals surface area contributed by atoms with Crippen LogP contribution in [0.25, 0.3) is 10.3 Å². The second-order valence-corrected chi connectivity index (χ2v) is 7.35. The Balaban J connectivity index is 1.52. The fourth-order valence-corrected chi connectivity index (χ4v) is 3.94. The summed E-state index contributed by atoms with van der Waals surface area (Å²) in [5, 5.41) is 3.78. The Morgan fingerprint density at radius 1 is 1.23 bits per heavy atom. The molecule has 0 spiro atoms. The molecule has 1 fully saturated rings. The number of rotatable bonds is 6. The molecule has 0 aliphatic carbocycles. The van der Waals surface area contributed by atoms with Crippen LogP contribution >= 0.6 is 11.3 Å². The van der Waals surface area contributed by atoms with Crippen molar-refractivity contribution in [1.29, 1.82) is 0 Å². The molecule has 1 N–H and O–H groups in total. The predicted octanol–water partition coefficient (Wildman–Crippen LogP) is 2.04. The molecule has 2 aromatic rings. The van der Waals surface area contributed by atoms with Gasteiger partial charge >= 0.3 is 0 Å². The van der Waals surface area contributed by atoms with Crippen molar-refractivity contribution in [2.75, 3.05) is 37.6 Å². The van der Waals surface area contributed by atoms with Gasteiger partial charge in [-0.2, -0.15) is 0 Å². The Hall–Kier alpha value is -2.22. The molecule has 0 atom stereocenters. The molecule has 2 amide bonds. The summed E-state index contributed by atoms with van der Waals surface area (Å²) in [7, 11) is 0. The van der Waals surface area contributed by atoms with Crippen LogP contribution in [-0.2, 0) is 9.59 Å². The maximum atomic E-state index is 12.4. The molecule has 26 heavy (non-hydrogen) atoms. The zero-order chi connectivity index (χ0) is 18.4. The van der Waals surface area contributed by atoms with Crippen LogP contribution < -0.4 is 10.2 Å². The molecule has 8 heteroatoms. The van der Waals surface area contributed by atoms with E-state index in [2.05, 4.69) is 20.2 Å². The standard InChI is InChI=1S/C18H25N5O2S/c1-2-8-19-15(24)6-7-16(25)22-10-4-11-23(13-12-22)18-21-14-5-3-9-20-17(14)26-18/h3,5,9H,2,4,6-8,10-13H2,1H3,(H,19,24). The van der Waals surface area contributed by atoms with Crippen LogP contribution in [0.5, 0.6) is 0 Å². The van der Waals surface area contributed by atoms with E-state index in [1.54, 1.807) is 17.5 Å². The van der Waals surface area contributed by atoms with Crippen LogP contribution in [0, 0.1) is 0 Å². The number of hydrogen-bond acceptors (Lipinski definition) is 6. The van der Waals surface area contributed by atoms with E-state index in [1.807, 2.05) is 24.0 Å². The van der Waals surface area contributed by atoms with Crippen molar-refractivity contribution in [3.8, 4) is 0 Å². The number of carbonyl (C=O) groups is 2. The van der Waals surface area contributed by atoms with Crippen LogP contribution in [0.15, 0.2) is 18.3 Å². The van der Waals surface area contributed by atoms with E-state index >= 15 is 0 Å². The van der Waals surface area contributed by atoms with E-state index in [0.717, 1.165) is 48.0 Å². The first-order chi connectivity index (χ1) is 12.7. The molecule has 3 rings (SSSR count). The fraction of sp³-hybridized carbons (Fsp3) is 0.556. The van der Waals surface area contributed by atoms with E-state index in [1.165, 1.54) is 0 Å². The van der Waals surface area contributed by atoms with Crippen molar-refractivity contribution in [1.82, 2.24) is 20.2 Å². The highest BCUT2D eigenvalue weighted by atomic mass is 32.1. The molecule has 0 radical (unpaired) electrons. The molecular weight excluding hydrogens is 350 g/mol. The maximum Gasteiger partial charge on any atom is 0.223 e. The number of nitrogens with one attached hydrogen (secondary N) is 1. The van der Waals surface area contributed by atoms with Gasteiger partial charge in [0.1, 0.15) is 10.3 Å². The Labute approximate surface area is 157 Å². The number of pyridine rings is 1. The van der Waals surface area contributed by atoms with E-state index in [9.17, 15) is 9.59 Å². The molecule has 0 saturated carbocycles. The van der Waals surface area contributed by atoms with Gasteiger partial charge in [-0.3, -0.25) is 9.59 Å². The van der Waals surface area contributed by atoms with Gasteiger partial charge in [0, 0.05) is 51.8 Å². The normalized spacial score (nSPS) is 15.1. The number of nitrogens with zero attached hydrogens (tertiary/aromatic N) is 4. The smallest absolute Gasteiger partial charge is 0.223 e. The van der Waals surface area contributed by atoms with Crippen LogP contribution in [0.1, 0.15) is 32.6 Å².